The molecule has 0 saturated carbocycles. The van der Waals surface area contributed by atoms with Crippen LogP contribution in [-0.4, -0.2) is 47.8 Å². The van der Waals surface area contributed by atoms with Crippen molar-refractivity contribution in [1.82, 2.24) is 29.6 Å². The van der Waals surface area contributed by atoms with Crippen molar-refractivity contribution < 1.29 is 4.79 Å². The Bertz CT molecular complexity index is 919. The maximum Gasteiger partial charge on any atom is 0.271 e. The van der Waals surface area contributed by atoms with Crippen molar-refractivity contribution in [2.45, 2.75) is 32.5 Å². The Morgan fingerprint density at radius 2 is 1.96 bits per heavy atom. The lowest BCUT2D eigenvalue weighted by molar-refractivity contribution is -0.128. The number of amides is 1. The van der Waals surface area contributed by atoms with Gasteiger partial charge in [0.05, 0.1) is 11.4 Å². The number of aryl methyl sites for hydroxylation is 2. The Kier molecular flexibility index (Phi) is 5.80. The van der Waals surface area contributed by atoms with Crippen molar-refractivity contribution in [2.24, 2.45) is 0 Å². The van der Waals surface area contributed by atoms with Crippen molar-refractivity contribution in [3.05, 3.63) is 53.3 Å². The second-order valence-corrected chi connectivity index (χ2v) is 7.12. The van der Waals surface area contributed by atoms with E-state index in [1.807, 2.05) is 62.1 Å². The fourth-order valence-corrected chi connectivity index (χ4v) is 3.50. The molecule has 8 nitrogen and oxygen atoms in total. The summed E-state index contributed by atoms with van der Waals surface area (Å²) in [5, 5.41) is 13.1. The molecule has 0 fully saturated rings. The number of hydrogen-bond acceptors (Lipinski definition) is 6. The molecule has 2 heterocycles. The molecule has 0 radical (unpaired) electrons. The maximum absolute atomic E-state index is 12.6. The highest BCUT2D eigenvalue weighted by atomic mass is 32.2. The average Bonchev–Trinajstić information content (AvgIpc) is 3.19. The van der Waals surface area contributed by atoms with Crippen LogP contribution in [0.15, 0.2) is 41.6 Å². The van der Waals surface area contributed by atoms with Gasteiger partial charge in [0.1, 0.15) is 0 Å². The predicted molar refractivity (Wildman–Crippen MR) is 105 cm³/mol. The Morgan fingerprint density at radius 1 is 1.22 bits per heavy atom. The first kappa shape index (κ1) is 19.0. The zero-order valence-corrected chi connectivity index (χ0v) is 16.5. The number of aromatic nitrogens is 5. The third-order valence-electron chi connectivity index (χ3n) is 4.12. The molecule has 9 heteroatoms. The first-order valence-corrected chi connectivity index (χ1v) is 9.66. The molecular formula is C18H23N7OS. The molecule has 0 unspecified atom stereocenters. The van der Waals surface area contributed by atoms with Crippen LogP contribution in [0.2, 0.25) is 0 Å². The largest absolute Gasteiger partial charge is 0.338 e. The van der Waals surface area contributed by atoms with E-state index >= 15 is 0 Å². The van der Waals surface area contributed by atoms with Gasteiger partial charge in [-0.1, -0.05) is 42.1 Å². The van der Waals surface area contributed by atoms with E-state index in [0.717, 1.165) is 17.0 Å². The van der Waals surface area contributed by atoms with E-state index in [1.165, 1.54) is 16.4 Å². The quantitative estimate of drug-likeness (QED) is 0.493. The van der Waals surface area contributed by atoms with E-state index < -0.39 is 0 Å². The zero-order chi connectivity index (χ0) is 19.4. The van der Waals surface area contributed by atoms with E-state index in [-0.39, 0.29) is 11.7 Å². The number of nitrogen functional groups attached to an aromatic ring is 1. The lowest BCUT2D eigenvalue weighted by atomic mass is 10.2. The Balaban J connectivity index is 1.66. The third-order valence-corrected chi connectivity index (χ3v) is 5.05. The second-order valence-electron chi connectivity index (χ2n) is 6.17. The zero-order valence-electron chi connectivity index (χ0n) is 15.7. The van der Waals surface area contributed by atoms with Gasteiger partial charge in [-0.3, -0.25) is 4.79 Å². The van der Waals surface area contributed by atoms with Crippen molar-refractivity contribution >= 4 is 17.7 Å². The Labute approximate surface area is 162 Å². The van der Waals surface area contributed by atoms with Crippen LogP contribution >= 0.6 is 11.8 Å². The summed E-state index contributed by atoms with van der Waals surface area (Å²) in [5.41, 5.74) is 2.89. The van der Waals surface area contributed by atoms with Gasteiger partial charge in [0.15, 0.2) is 0 Å². The highest BCUT2D eigenvalue weighted by molar-refractivity contribution is 7.99. The van der Waals surface area contributed by atoms with E-state index in [9.17, 15) is 4.79 Å². The van der Waals surface area contributed by atoms with E-state index in [2.05, 4.69) is 15.3 Å². The number of carbonyl (C=O) groups excluding carboxylic acids is 1. The molecule has 0 atom stereocenters. The van der Waals surface area contributed by atoms with Crippen molar-refractivity contribution in [1.29, 1.82) is 0 Å². The van der Waals surface area contributed by atoms with Crippen LogP contribution in [0.5, 0.6) is 0 Å². The van der Waals surface area contributed by atoms with Gasteiger partial charge < -0.3 is 10.7 Å². The lowest BCUT2D eigenvalue weighted by Crippen LogP contribution is -2.31. The van der Waals surface area contributed by atoms with Crippen molar-refractivity contribution in [3.8, 4) is 5.95 Å². The molecule has 27 heavy (non-hydrogen) atoms. The number of thioether (sulfide) groups is 1. The summed E-state index contributed by atoms with van der Waals surface area (Å²) in [5.74, 6) is 6.81. The van der Waals surface area contributed by atoms with Crippen LogP contribution < -0.4 is 5.84 Å². The van der Waals surface area contributed by atoms with Gasteiger partial charge in [-0.25, -0.2) is 9.36 Å². The third kappa shape index (κ3) is 4.30. The summed E-state index contributed by atoms with van der Waals surface area (Å²) in [6.07, 6.45) is 0. The van der Waals surface area contributed by atoms with Gasteiger partial charge in [0.2, 0.25) is 11.1 Å². The minimum absolute atomic E-state index is 0.0296. The molecule has 0 saturated heterocycles. The number of rotatable bonds is 7. The van der Waals surface area contributed by atoms with E-state index in [1.54, 1.807) is 4.68 Å². The van der Waals surface area contributed by atoms with Gasteiger partial charge >= 0.3 is 0 Å². The number of benzene rings is 1. The summed E-state index contributed by atoms with van der Waals surface area (Å²) in [7, 11) is 0. The fourth-order valence-electron chi connectivity index (χ4n) is 2.74. The highest BCUT2D eigenvalue weighted by Crippen LogP contribution is 2.18. The van der Waals surface area contributed by atoms with Crippen LogP contribution in [0, 0.1) is 13.8 Å². The molecule has 1 aromatic carbocycles. The van der Waals surface area contributed by atoms with Crippen molar-refractivity contribution in [3.63, 3.8) is 0 Å². The van der Waals surface area contributed by atoms with E-state index in [4.69, 9.17) is 5.84 Å². The van der Waals surface area contributed by atoms with Crippen LogP contribution in [-0.2, 0) is 11.3 Å². The first-order chi connectivity index (χ1) is 13.0. The molecule has 2 N–H and O–H groups in total. The van der Waals surface area contributed by atoms with Gasteiger partial charge in [0, 0.05) is 18.8 Å². The summed E-state index contributed by atoms with van der Waals surface area (Å²) in [4.78, 5) is 14.4. The molecule has 0 spiro atoms. The standard InChI is InChI=1S/C18H23N7OS/c1-4-23(11-15-8-6-5-7-9-15)16(26)12-27-18-21-20-17(24(18)19)25-14(3)10-13(2)22-25/h5-10H,4,11-12,19H2,1-3H3. The summed E-state index contributed by atoms with van der Waals surface area (Å²) >= 11 is 1.27. The molecule has 1 amide bonds. The second kappa shape index (κ2) is 8.26. The molecule has 0 bridgehead atoms. The average molecular weight is 385 g/mol. The first-order valence-electron chi connectivity index (χ1n) is 8.68. The molecule has 142 valence electrons. The topological polar surface area (TPSA) is 94.9 Å². The lowest BCUT2D eigenvalue weighted by Gasteiger charge is -2.20. The van der Waals surface area contributed by atoms with Crippen molar-refractivity contribution in [2.75, 3.05) is 18.1 Å². The normalized spacial score (nSPS) is 10.9. The number of carbonyl (C=O) groups is 1. The smallest absolute Gasteiger partial charge is 0.271 e. The van der Waals surface area contributed by atoms with Crippen LogP contribution in [0.3, 0.4) is 0 Å². The Morgan fingerprint density at radius 3 is 2.59 bits per heavy atom. The van der Waals surface area contributed by atoms with Gasteiger partial charge in [-0.15, -0.1) is 10.2 Å². The molecule has 2 aromatic heterocycles. The van der Waals surface area contributed by atoms with Gasteiger partial charge in [0.25, 0.3) is 5.95 Å². The van der Waals surface area contributed by atoms with Crippen LogP contribution in [0.25, 0.3) is 5.95 Å². The van der Waals surface area contributed by atoms with Gasteiger partial charge in [-0.2, -0.15) is 5.10 Å². The number of nitrogens with zero attached hydrogens (tertiary/aromatic N) is 6. The summed E-state index contributed by atoms with van der Waals surface area (Å²) < 4.78 is 3.01. The number of nitrogens with two attached hydrogens (primary N) is 1. The monoisotopic (exact) mass is 385 g/mol. The van der Waals surface area contributed by atoms with E-state index in [0.29, 0.717) is 24.2 Å². The minimum atomic E-state index is 0.0296. The summed E-state index contributed by atoms with van der Waals surface area (Å²) in [6.45, 7) is 7.02. The fraction of sp³-hybridized carbons (Fsp3) is 0.333. The number of hydrogen-bond donors (Lipinski definition) is 1. The van der Waals surface area contributed by atoms with Crippen LogP contribution in [0.4, 0.5) is 0 Å². The van der Waals surface area contributed by atoms with Gasteiger partial charge in [-0.05, 0) is 32.4 Å². The summed E-state index contributed by atoms with van der Waals surface area (Å²) in [6, 6.07) is 11.9. The van der Waals surface area contributed by atoms with Crippen LogP contribution in [0.1, 0.15) is 23.9 Å². The molecule has 0 aliphatic rings. The molecular weight excluding hydrogens is 362 g/mol. The molecule has 3 rings (SSSR count). The predicted octanol–water partition coefficient (Wildman–Crippen LogP) is 1.94. The molecule has 0 aliphatic heterocycles. The SMILES string of the molecule is CCN(Cc1ccccc1)C(=O)CSc1nnc(-n2nc(C)cc2C)n1N. The highest BCUT2D eigenvalue weighted by Gasteiger charge is 2.18. The maximum atomic E-state index is 12.6. The molecule has 3 aromatic rings. The molecule has 0 aliphatic carbocycles. The Hall–Kier alpha value is -2.81. The minimum Gasteiger partial charge on any atom is -0.338 e.